The molecule has 0 saturated heterocycles. The van der Waals surface area contributed by atoms with Crippen LogP contribution in [0.3, 0.4) is 0 Å². The molecule has 0 unspecified atom stereocenters. The molecule has 0 aromatic carbocycles. The lowest BCUT2D eigenvalue weighted by molar-refractivity contribution is -0.127. The fourth-order valence-corrected chi connectivity index (χ4v) is 3.84. The number of carbonyl (C=O) groups is 1. The molecule has 0 radical (unpaired) electrons. The fraction of sp³-hybridized carbons (Fsp3) is 0.438. The summed E-state index contributed by atoms with van der Waals surface area (Å²) in [6.45, 7) is 4.70. The van der Waals surface area contributed by atoms with E-state index in [1.165, 1.54) is 28.3 Å². The van der Waals surface area contributed by atoms with Crippen molar-refractivity contribution in [2.75, 3.05) is 12.8 Å². The molecule has 124 valence electrons. The van der Waals surface area contributed by atoms with Gasteiger partial charge in [0.05, 0.1) is 12.3 Å². The van der Waals surface area contributed by atoms with Gasteiger partial charge in [-0.15, -0.1) is 11.3 Å². The first-order chi connectivity index (χ1) is 11.0. The predicted molar refractivity (Wildman–Crippen MR) is 95.1 cm³/mol. The Labute approximate surface area is 144 Å². The number of nitrogens with one attached hydrogen (secondary N) is 1. The zero-order chi connectivity index (χ0) is 16.8. The van der Waals surface area contributed by atoms with E-state index in [0.29, 0.717) is 11.7 Å². The summed E-state index contributed by atoms with van der Waals surface area (Å²) >= 11 is 2.93. The van der Waals surface area contributed by atoms with Crippen LogP contribution in [0.2, 0.25) is 0 Å². The summed E-state index contributed by atoms with van der Waals surface area (Å²) in [5.74, 6) is 0.283. The highest BCUT2D eigenvalue weighted by Gasteiger charge is 2.13. The summed E-state index contributed by atoms with van der Waals surface area (Å²) in [6.07, 6.45) is 1.70. The van der Waals surface area contributed by atoms with Crippen LogP contribution in [-0.4, -0.2) is 33.6 Å². The van der Waals surface area contributed by atoms with Crippen LogP contribution >= 0.6 is 23.1 Å². The van der Waals surface area contributed by atoms with Gasteiger partial charge >= 0.3 is 0 Å². The van der Waals surface area contributed by atoms with Gasteiger partial charge in [-0.1, -0.05) is 25.1 Å². The van der Waals surface area contributed by atoms with E-state index < -0.39 is 0 Å². The Kier molecular flexibility index (Phi) is 6.41. The van der Waals surface area contributed by atoms with E-state index in [-0.39, 0.29) is 17.2 Å². The predicted octanol–water partition coefficient (Wildman–Crippen LogP) is 2.84. The van der Waals surface area contributed by atoms with E-state index in [4.69, 9.17) is 0 Å². The van der Waals surface area contributed by atoms with Crippen LogP contribution in [0.1, 0.15) is 29.5 Å². The summed E-state index contributed by atoms with van der Waals surface area (Å²) in [5, 5.41) is 2.54. The molecule has 0 aliphatic carbocycles. The number of thiophene rings is 1. The second-order valence-corrected chi connectivity index (χ2v) is 7.32. The van der Waals surface area contributed by atoms with Crippen LogP contribution in [0, 0.1) is 6.92 Å². The number of nitrogens with zero attached hydrogens (tertiary/aromatic N) is 2. The lowest BCUT2D eigenvalue weighted by atomic mass is 10.2. The van der Waals surface area contributed by atoms with E-state index in [1.807, 2.05) is 19.2 Å². The number of thioether (sulfide) groups is 1. The van der Waals surface area contributed by atoms with Crippen molar-refractivity contribution in [3.8, 4) is 0 Å². The summed E-state index contributed by atoms with van der Waals surface area (Å²) in [6, 6.07) is 3.57. The molecule has 1 amide bonds. The third-order valence-electron chi connectivity index (χ3n) is 3.39. The lowest BCUT2D eigenvalue weighted by Crippen LogP contribution is -2.27. The molecule has 5 nitrogen and oxygen atoms in total. The van der Waals surface area contributed by atoms with Gasteiger partial charge in [-0.25, -0.2) is 4.98 Å². The Hall–Kier alpha value is -1.60. The number of H-pyrrole nitrogens is 1. The van der Waals surface area contributed by atoms with Crippen molar-refractivity contribution in [1.82, 2.24) is 14.9 Å². The summed E-state index contributed by atoms with van der Waals surface area (Å²) < 4.78 is 0. The van der Waals surface area contributed by atoms with Gasteiger partial charge in [0, 0.05) is 23.7 Å². The Balaban J connectivity index is 1.93. The molecular weight excluding hydrogens is 330 g/mol. The molecule has 23 heavy (non-hydrogen) atoms. The van der Waals surface area contributed by atoms with Crippen LogP contribution in [0.15, 0.2) is 27.5 Å². The van der Waals surface area contributed by atoms with Gasteiger partial charge in [-0.05, 0) is 30.4 Å². The maximum atomic E-state index is 12.2. The van der Waals surface area contributed by atoms with Crippen molar-refractivity contribution < 1.29 is 4.79 Å². The zero-order valence-corrected chi connectivity index (χ0v) is 15.2. The minimum absolute atomic E-state index is 0.0198. The zero-order valence-electron chi connectivity index (χ0n) is 13.6. The van der Waals surface area contributed by atoms with Gasteiger partial charge in [0.2, 0.25) is 5.91 Å². The summed E-state index contributed by atoms with van der Waals surface area (Å²) in [7, 11) is 1.80. The van der Waals surface area contributed by atoms with E-state index in [2.05, 4.69) is 16.0 Å². The normalized spacial score (nSPS) is 10.7. The molecule has 0 saturated carbocycles. The smallest absolute Gasteiger partial charge is 0.251 e. The molecule has 0 aliphatic rings. The molecule has 2 heterocycles. The number of aromatic amines is 1. The number of hydrogen-bond donors (Lipinski definition) is 1. The van der Waals surface area contributed by atoms with Gasteiger partial charge in [0.1, 0.15) is 0 Å². The number of hydrogen-bond acceptors (Lipinski definition) is 5. The van der Waals surface area contributed by atoms with Crippen LogP contribution in [0.25, 0.3) is 0 Å². The second-order valence-electron chi connectivity index (χ2n) is 5.36. The van der Waals surface area contributed by atoms with Crippen molar-refractivity contribution in [1.29, 1.82) is 0 Å². The molecule has 0 atom stereocenters. The van der Waals surface area contributed by atoms with Crippen molar-refractivity contribution in [2.45, 2.75) is 38.4 Å². The summed E-state index contributed by atoms with van der Waals surface area (Å²) in [5.41, 5.74) is 1.82. The number of rotatable bonds is 7. The number of carbonyl (C=O) groups excluding carboxylic acids is 1. The topological polar surface area (TPSA) is 66.1 Å². The van der Waals surface area contributed by atoms with E-state index in [1.54, 1.807) is 23.3 Å². The Morgan fingerprint density at radius 2 is 2.26 bits per heavy atom. The lowest BCUT2D eigenvalue weighted by Gasteiger charge is -2.16. The van der Waals surface area contributed by atoms with Crippen molar-refractivity contribution in [2.24, 2.45) is 0 Å². The van der Waals surface area contributed by atoms with Gasteiger partial charge in [0.15, 0.2) is 5.16 Å². The average molecular weight is 351 g/mol. The van der Waals surface area contributed by atoms with E-state index in [9.17, 15) is 9.59 Å². The Bertz CT molecular complexity index is 724. The highest BCUT2D eigenvalue weighted by molar-refractivity contribution is 7.99. The maximum absolute atomic E-state index is 12.2. The molecule has 7 heteroatoms. The van der Waals surface area contributed by atoms with Crippen LogP contribution < -0.4 is 5.56 Å². The Morgan fingerprint density at radius 3 is 2.91 bits per heavy atom. The molecule has 2 aromatic rings. The molecule has 0 aliphatic heterocycles. The Morgan fingerprint density at radius 1 is 1.48 bits per heavy atom. The van der Waals surface area contributed by atoms with Crippen molar-refractivity contribution in [3.05, 3.63) is 44.0 Å². The monoisotopic (exact) mass is 351 g/mol. The maximum Gasteiger partial charge on any atom is 0.251 e. The molecular formula is C16H21N3O2S2. The third kappa shape index (κ3) is 5.21. The molecule has 1 N–H and O–H groups in total. The highest BCUT2D eigenvalue weighted by Crippen LogP contribution is 2.18. The first kappa shape index (κ1) is 17.7. The first-order valence-corrected chi connectivity index (χ1v) is 9.36. The molecule has 0 spiro atoms. The van der Waals surface area contributed by atoms with Crippen molar-refractivity contribution in [3.63, 3.8) is 0 Å². The average Bonchev–Trinajstić information content (AvgIpc) is 2.90. The van der Waals surface area contributed by atoms with Crippen molar-refractivity contribution >= 4 is 29.0 Å². The number of amides is 1. The molecule has 0 bridgehead atoms. The minimum Gasteiger partial charge on any atom is -0.340 e. The van der Waals surface area contributed by atoms with Gasteiger partial charge in [-0.2, -0.15) is 0 Å². The molecule has 2 aromatic heterocycles. The van der Waals surface area contributed by atoms with Gasteiger partial charge < -0.3 is 9.88 Å². The largest absolute Gasteiger partial charge is 0.340 e. The van der Waals surface area contributed by atoms with Gasteiger partial charge in [0.25, 0.3) is 5.56 Å². The summed E-state index contributed by atoms with van der Waals surface area (Å²) in [4.78, 5) is 33.8. The van der Waals surface area contributed by atoms with Crippen LogP contribution in [0.5, 0.6) is 0 Å². The van der Waals surface area contributed by atoms with E-state index in [0.717, 1.165) is 18.5 Å². The quantitative estimate of drug-likeness (QED) is 0.615. The number of aromatic nitrogens is 2. The third-order valence-corrected chi connectivity index (χ3v) is 5.25. The molecule has 0 fully saturated rings. The standard InChI is InChI=1S/C16H21N3O2S2/c1-4-5-12-8-14(20)18-16(17-12)23-10-15(21)19(3)9-13-11(2)6-7-22-13/h6-8H,4-5,9-10H2,1-3H3,(H,17,18,20). The van der Waals surface area contributed by atoms with Crippen LogP contribution in [0.4, 0.5) is 0 Å². The number of aryl methyl sites for hydroxylation is 2. The minimum atomic E-state index is -0.166. The fourth-order valence-electron chi connectivity index (χ4n) is 2.05. The second kappa shape index (κ2) is 8.31. The molecule has 2 rings (SSSR count). The van der Waals surface area contributed by atoms with Crippen LogP contribution in [-0.2, 0) is 17.8 Å². The van der Waals surface area contributed by atoms with Gasteiger partial charge in [-0.3, -0.25) is 9.59 Å². The SMILES string of the molecule is CCCc1cc(=O)[nH]c(SCC(=O)N(C)Cc2sccc2C)n1. The van der Waals surface area contributed by atoms with E-state index >= 15 is 0 Å². The first-order valence-electron chi connectivity index (χ1n) is 7.49. The highest BCUT2D eigenvalue weighted by atomic mass is 32.2.